The molecule has 126 valence electrons. The molecule has 4 heteroatoms. The molecule has 0 aliphatic heterocycles. The van der Waals surface area contributed by atoms with Crippen LogP contribution in [0.4, 0.5) is 0 Å². The number of hydrogen-bond acceptors (Lipinski definition) is 4. The topological polar surface area (TPSA) is 25.8 Å². The van der Waals surface area contributed by atoms with Crippen molar-refractivity contribution in [3.63, 3.8) is 0 Å². The van der Waals surface area contributed by atoms with Crippen LogP contribution >= 0.6 is 22.7 Å². The maximum atomic E-state index is 4.82. The minimum absolute atomic E-state index is 1.06. The molecule has 0 aliphatic rings. The summed E-state index contributed by atoms with van der Waals surface area (Å²) in [5.74, 6) is 0. The largest absolute Gasteiger partial charge is 0.242 e. The molecule has 0 radical (unpaired) electrons. The van der Waals surface area contributed by atoms with Crippen molar-refractivity contribution in [1.82, 2.24) is 9.97 Å². The average Bonchev–Trinajstić information content (AvgIpc) is 3.22. The van der Waals surface area contributed by atoms with Crippen molar-refractivity contribution < 1.29 is 0 Å². The van der Waals surface area contributed by atoms with Crippen LogP contribution in [0.25, 0.3) is 42.1 Å². The Morgan fingerprint density at radius 3 is 2.08 bits per heavy atom. The monoisotopic (exact) mass is 372 g/mol. The summed E-state index contributed by atoms with van der Waals surface area (Å²) < 4.78 is 2.46. The number of benzene rings is 3. The van der Waals surface area contributed by atoms with Crippen molar-refractivity contribution in [1.29, 1.82) is 0 Å². The molecular weight excluding hydrogens is 356 g/mol. The Hall–Kier alpha value is -2.56. The average molecular weight is 373 g/mol. The fourth-order valence-electron chi connectivity index (χ4n) is 3.23. The standard InChI is InChI=1S/C22H16N2S2/c1-13-4-3-5-17(10-13)22-24-19-9-7-16(12-21(19)26-22)15-6-8-18-20(11-15)25-14(2)23-18/h3-12H,1-2H3. The molecule has 2 nitrogen and oxygen atoms in total. The van der Waals surface area contributed by atoms with Gasteiger partial charge in [0.2, 0.25) is 0 Å². The predicted molar refractivity (Wildman–Crippen MR) is 113 cm³/mol. The van der Waals surface area contributed by atoms with Gasteiger partial charge in [-0.25, -0.2) is 9.97 Å². The van der Waals surface area contributed by atoms with Crippen LogP contribution in [0.15, 0.2) is 60.7 Å². The van der Waals surface area contributed by atoms with Gasteiger partial charge in [-0.3, -0.25) is 0 Å². The van der Waals surface area contributed by atoms with Gasteiger partial charge in [0, 0.05) is 5.56 Å². The molecule has 0 saturated carbocycles. The second-order valence-corrected chi connectivity index (χ2v) is 8.75. The lowest BCUT2D eigenvalue weighted by Crippen LogP contribution is -1.78. The van der Waals surface area contributed by atoms with Crippen molar-refractivity contribution in [2.24, 2.45) is 0 Å². The fraction of sp³-hybridized carbons (Fsp3) is 0.0909. The van der Waals surface area contributed by atoms with Gasteiger partial charge in [0.15, 0.2) is 0 Å². The Labute approximate surface area is 159 Å². The lowest BCUT2D eigenvalue weighted by molar-refractivity contribution is 1.35. The highest BCUT2D eigenvalue weighted by molar-refractivity contribution is 7.21. The van der Waals surface area contributed by atoms with Gasteiger partial charge < -0.3 is 0 Å². The molecule has 0 aliphatic carbocycles. The van der Waals surface area contributed by atoms with E-state index in [2.05, 4.69) is 79.5 Å². The second-order valence-electron chi connectivity index (χ2n) is 6.49. The van der Waals surface area contributed by atoms with Crippen LogP contribution in [0.5, 0.6) is 0 Å². The van der Waals surface area contributed by atoms with Crippen LogP contribution in [0.3, 0.4) is 0 Å². The van der Waals surface area contributed by atoms with E-state index in [1.807, 2.05) is 0 Å². The lowest BCUT2D eigenvalue weighted by Gasteiger charge is -2.01. The molecule has 0 fully saturated rings. The Bertz CT molecular complexity index is 1260. The summed E-state index contributed by atoms with van der Waals surface area (Å²) in [4.78, 5) is 9.38. The Balaban J connectivity index is 1.60. The van der Waals surface area contributed by atoms with Gasteiger partial charge >= 0.3 is 0 Å². The zero-order valence-corrected chi connectivity index (χ0v) is 16.1. The highest BCUT2D eigenvalue weighted by Gasteiger charge is 2.09. The summed E-state index contributed by atoms with van der Waals surface area (Å²) in [6.45, 7) is 4.17. The van der Waals surface area contributed by atoms with Gasteiger partial charge in [0.05, 0.1) is 25.4 Å². The van der Waals surface area contributed by atoms with E-state index in [9.17, 15) is 0 Å². The maximum absolute atomic E-state index is 4.82. The predicted octanol–water partition coefficient (Wildman–Crippen LogP) is 6.86. The Morgan fingerprint density at radius 1 is 0.654 bits per heavy atom. The molecule has 0 amide bonds. The van der Waals surface area contributed by atoms with Crippen LogP contribution in [0, 0.1) is 13.8 Å². The molecule has 2 heterocycles. The summed E-state index contributed by atoms with van der Waals surface area (Å²) in [6.07, 6.45) is 0. The van der Waals surface area contributed by atoms with Crippen LogP contribution in [0.2, 0.25) is 0 Å². The van der Waals surface area contributed by atoms with Crippen molar-refractivity contribution in [2.45, 2.75) is 13.8 Å². The number of fused-ring (bicyclic) bond motifs is 2. The minimum Gasteiger partial charge on any atom is -0.242 e. The Morgan fingerprint density at radius 2 is 1.35 bits per heavy atom. The minimum atomic E-state index is 1.06. The summed E-state index contributed by atoms with van der Waals surface area (Å²) in [5, 5.41) is 2.19. The van der Waals surface area contributed by atoms with Crippen LogP contribution in [-0.2, 0) is 0 Å². The first-order valence-electron chi connectivity index (χ1n) is 8.51. The number of nitrogens with zero attached hydrogens (tertiary/aromatic N) is 2. The van der Waals surface area contributed by atoms with E-state index in [1.165, 1.54) is 31.7 Å². The van der Waals surface area contributed by atoms with Crippen LogP contribution < -0.4 is 0 Å². The zero-order valence-electron chi connectivity index (χ0n) is 14.5. The van der Waals surface area contributed by atoms with Gasteiger partial charge in [-0.15, -0.1) is 22.7 Å². The third-order valence-electron chi connectivity index (χ3n) is 4.48. The zero-order chi connectivity index (χ0) is 17.7. The van der Waals surface area contributed by atoms with Crippen molar-refractivity contribution in [2.75, 3.05) is 0 Å². The first kappa shape index (κ1) is 15.7. The van der Waals surface area contributed by atoms with Crippen LogP contribution in [-0.4, -0.2) is 9.97 Å². The number of aromatic nitrogens is 2. The highest BCUT2D eigenvalue weighted by atomic mass is 32.1. The van der Waals surface area contributed by atoms with E-state index in [0.717, 1.165) is 21.0 Å². The highest BCUT2D eigenvalue weighted by Crippen LogP contribution is 2.34. The molecule has 5 rings (SSSR count). The molecule has 0 spiro atoms. The van der Waals surface area contributed by atoms with E-state index in [4.69, 9.17) is 4.98 Å². The molecule has 5 aromatic rings. The van der Waals surface area contributed by atoms with Crippen molar-refractivity contribution >= 4 is 43.1 Å². The summed E-state index contributed by atoms with van der Waals surface area (Å²) in [7, 11) is 0. The molecule has 2 aromatic heterocycles. The summed E-state index contributed by atoms with van der Waals surface area (Å²) >= 11 is 3.50. The first-order chi connectivity index (χ1) is 12.7. The molecular formula is C22H16N2S2. The maximum Gasteiger partial charge on any atom is 0.124 e. The molecule has 0 bridgehead atoms. The Kier molecular flexibility index (Phi) is 3.62. The van der Waals surface area contributed by atoms with E-state index < -0.39 is 0 Å². The fourth-order valence-corrected chi connectivity index (χ4v) is 5.09. The van der Waals surface area contributed by atoms with Crippen molar-refractivity contribution in [3.05, 3.63) is 71.2 Å². The van der Waals surface area contributed by atoms with Gasteiger partial charge in [0.25, 0.3) is 0 Å². The van der Waals surface area contributed by atoms with E-state index >= 15 is 0 Å². The van der Waals surface area contributed by atoms with E-state index in [-0.39, 0.29) is 0 Å². The van der Waals surface area contributed by atoms with Gasteiger partial charge in [-0.2, -0.15) is 0 Å². The van der Waals surface area contributed by atoms with E-state index in [1.54, 1.807) is 22.7 Å². The van der Waals surface area contributed by atoms with Gasteiger partial charge in [-0.1, -0.05) is 35.9 Å². The lowest BCUT2D eigenvalue weighted by atomic mass is 10.1. The normalized spacial score (nSPS) is 11.5. The van der Waals surface area contributed by atoms with Crippen molar-refractivity contribution in [3.8, 4) is 21.7 Å². The number of hydrogen-bond donors (Lipinski definition) is 0. The van der Waals surface area contributed by atoms with Gasteiger partial charge in [-0.05, 0) is 55.3 Å². The van der Waals surface area contributed by atoms with E-state index in [0.29, 0.717) is 0 Å². The third-order valence-corrected chi connectivity index (χ3v) is 6.48. The third kappa shape index (κ3) is 2.71. The van der Waals surface area contributed by atoms with Crippen LogP contribution in [0.1, 0.15) is 10.6 Å². The SMILES string of the molecule is Cc1cccc(-c2nc3ccc(-c4ccc5nc(C)sc5c4)cc3s2)c1. The summed E-state index contributed by atoms with van der Waals surface area (Å²) in [5.41, 5.74) is 7.05. The summed E-state index contributed by atoms with van der Waals surface area (Å²) in [6, 6.07) is 21.6. The van der Waals surface area contributed by atoms with Gasteiger partial charge in [0.1, 0.15) is 5.01 Å². The molecule has 3 aromatic carbocycles. The number of aryl methyl sites for hydroxylation is 2. The molecule has 0 saturated heterocycles. The number of thiazole rings is 2. The molecule has 0 unspecified atom stereocenters. The molecule has 26 heavy (non-hydrogen) atoms. The number of rotatable bonds is 2. The molecule has 0 atom stereocenters. The first-order valence-corrected chi connectivity index (χ1v) is 10.1. The smallest absolute Gasteiger partial charge is 0.124 e. The quantitative estimate of drug-likeness (QED) is 0.338. The second kappa shape index (κ2) is 6.01. The molecule has 0 N–H and O–H groups in total.